The Bertz CT molecular complexity index is 1200. The molecule has 0 fully saturated rings. The Morgan fingerprint density at radius 3 is 2.47 bits per heavy atom. The number of aryl methyl sites for hydroxylation is 1. The number of rotatable bonds is 4. The summed E-state index contributed by atoms with van der Waals surface area (Å²) in [6.45, 7) is 1.62. The molecule has 152 valence electrons. The third kappa shape index (κ3) is 3.82. The van der Waals surface area contributed by atoms with Crippen molar-refractivity contribution in [3.63, 3.8) is 0 Å². The number of carbonyl (C=O) groups is 1. The van der Waals surface area contributed by atoms with Gasteiger partial charge in [-0.2, -0.15) is 18.3 Å². The van der Waals surface area contributed by atoms with Gasteiger partial charge in [0.25, 0.3) is 5.91 Å². The van der Waals surface area contributed by atoms with Crippen LogP contribution in [-0.2, 0) is 6.18 Å². The van der Waals surface area contributed by atoms with Crippen LogP contribution in [0.4, 0.5) is 19.0 Å². The van der Waals surface area contributed by atoms with Gasteiger partial charge in [-0.1, -0.05) is 47.6 Å². The zero-order valence-corrected chi connectivity index (χ0v) is 15.6. The van der Waals surface area contributed by atoms with E-state index in [4.69, 9.17) is 4.52 Å². The summed E-state index contributed by atoms with van der Waals surface area (Å²) in [6, 6.07) is 17.0. The third-order valence-electron chi connectivity index (χ3n) is 4.31. The van der Waals surface area contributed by atoms with Crippen LogP contribution in [0.3, 0.4) is 0 Å². The smallest absolute Gasteiger partial charge is 0.355 e. The summed E-state index contributed by atoms with van der Waals surface area (Å²) in [5.74, 6) is -0.155. The number of nitrogens with one attached hydrogen (secondary N) is 1. The van der Waals surface area contributed by atoms with Gasteiger partial charge in [-0.3, -0.25) is 4.79 Å². The van der Waals surface area contributed by atoms with Crippen LogP contribution in [0.2, 0.25) is 0 Å². The maximum Gasteiger partial charge on any atom is 0.418 e. The van der Waals surface area contributed by atoms with E-state index in [2.05, 4.69) is 15.6 Å². The number of benzene rings is 2. The van der Waals surface area contributed by atoms with E-state index in [0.29, 0.717) is 11.5 Å². The van der Waals surface area contributed by atoms with Gasteiger partial charge >= 0.3 is 6.18 Å². The highest BCUT2D eigenvalue weighted by atomic mass is 19.4. The number of aromatic nitrogens is 3. The molecular formula is C21H15F3N4O2. The Hall–Kier alpha value is -3.88. The number of anilines is 1. The first-order valence-corrected chi connectivity index (χ1v) is 8.89. The number of hydrogen-bond donors (Lipinski definition) is 1. The van der Waals surface area contributed by atoms with Gasteiger partial charge in [-0.05, 0) is 19.1 Å². The Labute approximate surface area is 168 Å². The largest absolute Gasteiger partial charge is 0.418 e. The van der Waals surface area contributed by atoms with Gasteiger partial charge in [0.2, 0.25) is 0 Å². The Morgan fingerprint density at radius 1 is 1.03 bits per heavy atom. The molecule has 0 saturated carbocycles. The summed E-state index contributed by atoms with van der Waals surface area (Å²) in [7, 11) is 0. The standard InChI is InChI=1S/C21H15F3N4O2/c1-13-11-19(28(26-13)17-10-6-5-9-15(17)21(22,23)24)25-20(29)16-12-18(30-27-16)14-7-3-2-4-8-14/h2-12H,1H3,(H,25,29). The molecule has 0 unspecified atom stereocenters. The van der Waals surface area contributed by atoms with Gasteiger partial charge in [0.1, 0.15) is 5.82 Å². The van der Waals surface area contributed by atoms with Gasteiger partial charge in [0, 0.05) is 17.7 Å². The van der Waals surface area contributed by atoms with E-state index < -0.39 is 17.6 Å². The minimum atomic E-state index is -4.57. The minimum Gasteiger partial charge on any atom is -0.355 e. The van der Waals surface area contributed by atoms with Gasteiger partial charge in [0.05, 0.1) is 16.9 Å². The van der Waals surface area contributed by atoms with E-state index in [1.165, 1.54) is 30.3 Å². The summed E-state index contributed by atoms with van der Waals surface area (Å²) in [4.78, 5) is 12.6. The number of amides is 1. The van der Waals surface area contributed by atoms with E-state index >= 15 is 0 Å². The average molecular weight is 412 g/mol. The average Bonchev–Trinajstić information content (AvgIpc) is 3.35. The highest BCUT2D eigenvalue weighted by Gasteiger charge is 2.34. The summed E-state index contributed by atoms with van der Waals surface area (Å²) in [5, 5.41) is 10.4. The molecule has 0 saturated heterocycles. The molecule has 0 aliphatic carbocycles. The molecule has 4 rings (SSSR count). The van der Waals surface area contributed by atoms with Crippen LogP contribution in [0.25, 0.3) is 17.0 Å². The first kappa shape index (κ1) is 19.4. The first-order valence-electron chi connectivity index (χ1n) is 8.89. The van der Waals surface area contributed by atoms with Crippen molar-refractivity contribution in [3.05, 3.63) is 83.7 Å². The summed E-state index contributed by atoms with van der Waals surface area (Å²) in [6.07, 6.45) is -4.57. The second-order valence-corrected chi connectivity index (χ2v) is 6.49. The van der Waals surface area contributed by atoms with Gasteiger partial charge in [-0.25, -0.2) is 4.68 Å². The monoisotopic (exact) mass is 412 g/mol. The van der Waals surface area contributed by atoms with Crippen LogP contribution in [0.15, 0.2) is 71.3 Å². The minimum absolute atomic E-state index is 0.0108. The van der Waals surface area contributed by atoms with Gasteiger partial charge in [0.15, 0.2) is 11.5 Å². The topological polar surface area (TPSA) is 73.0 Å². The number of halogens is 3. The number of carbonyl (C=O) groups excluding carboxylic acids is 1. The molecule has 0 spiro atoms. The van der Waals surface area contributed by atoms with Crippen molar-refractivity contribution in [2.75, 3.05) is 5.32 Å². The molecule has 0 aliphatic heterocycles. The fourth-order valence-electron chi connectivity index (χ4n) is 2.97. The molecule has 0 aliphatic rings. The van der Waals surface area contributed by atoms with Crippen molar-refractivity contribution in [2.45, 2.75) is 13.1 Å². The van der Waals surface area contributed by atoms with Crippen LogP contribution < -0.4 is 5.32 Å². The highest BCUT2D eigenvalue weighted by Crippen LogP contribution is 2.34. The van der Waals surface area contributed by atoms with Crippen molar-refractivity contribution < 1.29 is 22.5 Å². The van der Waals surface area contributed by atoms with Crippen molar-refractivity contribution >= 4 is 11.7 Å². The predicted molar refractivity (Wildman–Crippen MR) is 103 cm³/mol. The molecule has 0 radical (unpaired) electrons. The molecule has 2 heterocycles. The fraction of sp³-hybridized carbons (Fsp3) is 0.0952. The maximum atomic E-state index is 13.4. The lowest BCUT2D eigenvalue weighted by atomic mass is 10.1. The molecule has 6 nitrogen and oxygen atoms in total. The number of nitrogens with zero attached hydrogens (tertiary/aromatic N) is 3. The van der Waals surface area contributed by atoms with Crippen molar-refractivity contribution in [3.8, 4) is 17.0 Å². The predicted octanol–water partition coefficient (Wildman–Crippen LogP) is 5.11. The van der Waals surface area contributed by atoms with Crippen molar-refractivity contribution in [2.24, 2.45) is 0 Å². The molecule has 2 aromatic carbocycles. The van der Waals surface area contributed by atoms with Crippen LogP contribution in [0, 0.1) is 6.92 Å². The SMILES string of the molecule is Cc1cc(NC(=O)c2cc(-c3ccccc3)on2)n(-c2ccccc2C(F)(F)F)n1. The second kappa shape index (κ2) is 7.51. The first-order chi connectivity index (χ1) is 14.3. The van der Waals surface area contributed by atoms with Crippen LogP contribution in [0.5, 0.6) is 0 Å². The molecule has 0 bridgehead atoms. The van der Waals surface area contributed by atoms with Crippen LogP contribution in [0.1, 0.15) is 21.7 Å². The van der Waals surface area contributed by atoms with E-state index in [0.717, 1.165) is 16.3 Å². The maximum absolute atomic E-state index is 13.4. The van der Waals surface area contributed by atoms with Crippen molar-refractivity contribution in [1.29, 1.82) is 0 Å². The summed E-state index contributed by atoms with van der Waals surface area (Å²) < 4.78 is 46.5. The van der Waals surface area contributed by atoms with Crippen LogP contribution >= 0.6 is 0 Å². The zero-order chi connectivity index (χ0) is 21.3. The molecule has 9 heteroatoms. The van der Waals surface area contributed by atoms with Gasteiger partial charge in [-0.15, -0.1) is 0 Å². The quantitative estimate of drug-likeness (QED) is 0.506. The zero-order valence-electron chi connectivity index (χ0n) is 15.6. The van der Waals surface area contributed by atoms with Crippen molar-refractivity contribution in [1.82, 2.24) is 14.9 Å². The lowest BCUT2D eigenvalue weighted by molar-refractivity contribution is -0.137. The number of alkyl halides is 3. The molecule has 4 aromatic rings. The molecule has 2 aromatic heterocycles. The Kier molecular flexibility index (Phi) is 4.86. The van der Waals surface area contributed by atoms with Gasteiger partial charge < -0.3 is 9.84 Å². The summed E-state index contributed by atoms with van der Waals surface area (Å²) in [5.41, 5.74) is 0.106. The second-order valence-electron chi connectivity index (χ2n) is 6.49. The Morgan fingerprint density at radius 2 is 1.73 bits per heavy atom. The molecular weight excluding hydrogens is 397 g/mol. The molecule has 1 amide bonds. The van der Waals surface area contributed by atoms with E-state index in [-0.39, 0.29) is 17.2 Å². The summed E-state index contributed by atoms with van der Waals surface area (Å²) >= 11 is 0. The van der Waals surface area contributed by atoms with E-state index in [9.17, 15) is 18.0 Å². The molecule has 1 N–H and O–H groups in total. The number of hydrogen-bond acceptors (Lipinski definition) is 4. The number of para-hydroxylation sites is 1. The molecule has 0 atom stereocenters. The lowest BCUT2D eigenvalue weighted by Crippen LogP contribution is -2.17. The Balaban J connectivity index is 1.65. The van der Waals surface area contributed by atoms with E-state index in [1.54, 1.807) is 19.1 Å². The van der Waals surface area contributed by atoms with Crippen LogP contribution in [-0.4, -0.2) is 20.8 Å². The fourth-order valence-corrected chi connectivity index (χ4v) is 2.97. The lowest BCUT2D eigenvalue weighted by Gasteiger charge is -2.14. The third-order valence-corrected chi connectivity index (χ3v) is 4.31. The molecule has 30 heavy (non-hydrogen) atoms. The normalized spacial score (nSPS) is 11.5. The highest BCUT2D eigenvalue weighted by molar-refractivity contribution is 6.03. The van der Waals surface area contributed by atoms with E-state index in [1.807, 2.05) is 18.2 Å².